The summed E-state index contributed by atoms with van der Waals surface area (Å²) < 4.78 is 0. The Morgan fingerprint density at radius 1 is 1.33 bits per heavy atom. The summed E-state index contributed by atoms with van der Waals surface area (Å²) >= 11 is 3.68. The molecule has 1 heterocycles. The number of carbonyl (C=O) groups is 1. The van der Waals surface area contributed by atoms with E-state index in [0.29, 0.717) is 17.8 Å². The van der Waals surface area contributed by atoms with E-state index in [-0.39, 0.29) is 5.91 Å². The van der Waals surface area contributed by atoms with Crippen LogP contribution in [0.15, 0.2) is 0 Å². The molecule has 0 radical (unpaired) electrons. The number of hydrogen-bond donors (Lipinski definition) is 1. The molecule has 0 spiro atoms. The van der Waals surface area contributed by atoms with Crippen molar-refractivity contribution in [3.63, 3.8) is 0 Å². The maximum absolute atomic E-state index is 10.9. The summed E-state index contributed by atoms with van der Waals surface area (Å²) in [5.74, 6) is 0.366. The molecule has 0 aliphatic carbocycles. The van der Waals surface area contributed by atoms with Crippen LogP contribution in [-0.2, 0) is 4.79 Å². The van der Waals surface area contributed by atoms with E-state index in [4.69, 9.17) is 5.73 Å². The number of nitrogens with zero attached hydrogens (tertiary/aromatic N) is 1. The van der Waals surface area contributed by atoms with Crippen molar-refractivity contribution < 1.29 is 4.79 Å². The highest BCUT2D eigenvalue weighted by Crippen LogP contribution is 2.31. The lowest BCUT2D eigenvalue weighted by Gasteiger charge is -2.39. The van der Waals surface area contributed by atoms with Crippen molar-refractivity contribution in [2.45, 2.75) is 46.0 Å². The lowest BCUT2D eigenvalue weighted by atomic mass is 9.83. The van der Waals surface area contributed by atoms with Crippen molar-refractivity contribution >= 4 is 21.8 Å². The van der Waals surface area contributed by atoms with Crippen LogP contribution >= 0.6 is 15.9 Å². The van der Waals surface area contributed by atoms with Crippen LogP contribution in [-0.4, -0.2) is 35.8 Å². The highest BCUT2D eigenvalue weighted by Gasteiger charge is 2.29. The van der Waals surface area contributed by atoms with Crippen molar-refractivity contribution in [2.75, 3.05) is 25.0 Å². The molecule has 1 aliphatic rings. The number of nitrogens with two attached hydrogens (primary N) is 1. The minimum Gasteiger partial charge on any atom is -0.370 e. The molecule has 1 aliphatic heterocycles. The Labute approximate surface area is 120 Å². The Kier molecular flexibility index (Phi) is 6.64. The molecule has 0 aromatic heterocycles. The van der Waals surface area contributed by atoms with E-state index in [1.807, 2.05) is 0 Å². The predicted octanol–water partition coefficient (Wildman–Crippen LogP) is 2.78. The number of amides is 1. The fourth-order valence-corrected chi connectivity index (χ4v) is 3.78. The van der Waals surface area contributed by atoms with E-state index in [0.717, 1.165) is 31.3 Å². The summed E-state index contributed by atoms with van der Waals surface area (Å²) in [5, 5.41) is 1.08. The van der Waals surface area contributed by atoms with Crippen LogP contribution in [0.5, 0.6) is 0 Å². The number of likely N-dealkylation sites (tertiary alicyclic amines) is 1. The summed E-state index contributed by atoms with van der Waals surface area (Å²) in [6, 6.07) is 0. The third kappa shape index (κ3) is 4.54. The van der Waals surface area contributed by atoms with Crippen LogP contribution in [0.4, 0.5) is 0 Å². The van der Waals surface area contributed by atoms with Gasteiger partial charge in [-0.15, -0.1) is 0 Å². The van der Waals surface area contributed by atoms with Gasteiger partial charge in [-0.3, -0.25) is 4.79 Å². The van der Waals surface area contributed by atoms with Crippen molar-refractivity contribution in [3.05, 3.63) is 0 Å². The van der Waals surface area contributed by atoms with Gasteiger partial charge in [0.05, 0.1) is 0 Å². The van der Waals surface area contributed by atoms with Crippen LogP contribution in [0.25, 0.3) is 0 Å². The Balaban J connectivity index is 2.41. The normalized spacial score (nSPS) is 19.1. The van der Waals surface area contributed by atoms with E-state index in [1.54, 1.807) is 0 Å². The molecular weight excluding hydrogens is 292 g/mol. The lowest BCUT2D eigenvalue weighted by molar-refractivity contribution is -0.119. The van der Waals surface area contributed by atoms with Crippen molar-refractivity contribution in [2.24, 2.45) is 17.1 Å². The second-order valence-electron chi connectivity index (χ2n) is 5.73. The van der Waals surface area contributed by atoms with Crippen LogP contribution in [0.3, 0.4) is 0 Å². The first-order valence-electron chi connectivity index (χ1n) is 7.12. The van der Waals surface area contributed by atoms with E-state index in [1.165, 1.54) is 19.4 Å². The Morgan fingerprint density at radius 3 is 2.28 bits per heavy atom. The molecule has 2 N–H and O–H groups in total. The third-order valence-corrected chi connectivity index (χ3v) is 5.73. The van der Waals surface area contributed by atoms with Crippen molar-refractivity contribution in [1.82, 2.24) is 4.90 Å². The zero-order valence-electron chi connectivity index (χ0n) is 11.8. The molecule has 3 nitrogen and oxygen atoms in total. The first-order valence-corrected chi connectivity index (χ1v) is 8.24. The monoisotopic (exact) mass is 318 g/mol. The van der Waals surface area contributed by atoms with E-state index >= 15 is 0 Å². The molecule has 0 aromatic rings. The van der Waals surface area contributed by atoms with Gasteiger partial charge in [0, 0.05) is 18.3 Å². The molecule has 0 unspecified atom stereocenters. The molecule has 18 heavy (non-hydrogen) atoms. The molecule has 4 heteroatoms. The fourth-order valence-electron chi connectivity index (χ4n) is 2.81. The SMILES string of the molecule is CCC(CC)(CBr)CN1CCC(CC(N)=O)CC1. The molecule has 1 rings (SSSR count). The molecule has 0 aromatic carbocycles. The minimum atomic E-state index is -0.148. The van der Waals surface area contributed by atoms with Crippen molar-refractivity contribution in [3.8, 4) is 0 Å². The van der Waals surface area contributed by atoms with Gasteiger partial charge in [-0.25, -0.2) is 0 Å². The summed E-state index contributed by atoms with van der Waals surface area (Å²) in [5.41, 5.74) is 5.68. The van der Waals surface area contributed by atoms with E-state index in [2.05, 4.69) is 34.7 Å². The highest BCUT2D eigenvalue weighted by molar-refractivity contribution is 9.09. The number of piperidine rings is 1. The number of rotatable bonds is 7. The fraction of sp³-hybridized carbons (Fsp3) is 0.929. The third-order valence-electron chi connectivity index (χ3n) is 4.54. The largest absolute Gasteiger partial charge is 0.370 e. The molecule has 1 fully saturated rings. The zero-order chi connectivity index (χ0) is 13.6. The van der Waals surface area contributed by atoms with Gasteiger partial charge in [-0.2, -0.15) is 0 Å². The molecule has 0 saturated carbocycles. The van der Waals surface area contributed by atoms with E-state index < -0.39 is 0 Å². The highest BCUT2D eigenvalue weighted by atomic mass is 79.9. The first-order chi connectivity index (χ1) is 8.55. The smallest absolute Gasteiger partial charge is 0.217 e. The maximum atomic E-state index is 10.9. The standard InChI is InChI=1S/C14H27BrN2O/c1-3-14(4-2,10-15)11-17-7-5-12(6-8-17)9-13(16)18/h12H,3-11H2,1-2H3,(H2,16,18). The number of hydrogen-bond acceptors (Lipinski definition) is 2. The zero-order valence-corrected chi connectivity index (χ0v) is 13.3. The maximum Gasteiger partial charge on any atom is 0.217 e. The summed E-state index contributed by atoms with van der Waals surface area (Å²) in [6.07, 6.45) is 5.24. The number of primary amides is 1. The quantitative estimate of drug-likeness (QED) is 0.734. The number of carbonyl (C=O) groups excluding carboxylic acids is 1. The van der Waals surface area contributed by atoms with Crippen LogP contribution < -0.4 is 5.73 Å². The summed E-state index contributed by atoms with van der Waals surface area (Å²) in [6.45, 7) is 7.98. The molecule has 106 valence electrons. The minimum absolute atomic E-state index is 0.148. The molecule has 1 amide bonds. The number of alkyl halides is 1. The summed E-state index contributed by atoms with van der Waals surface area (Å²) in [7, 11) is 0. The van der Waals surface area contributed by atoms with E-state index in [9.17, 15) is 4.79 Å². The van der Waals surface area contributed by atoms with Gasteiger partial charge < -0.3 is 10.6 Å². The van der Waals surface area contributed by atoms with Crippen LogP contribution in [0.1, 0.15) is 46.0 Å². The van der Waals surface area contributed by atoms with Crippen LogP contribution in [0.2, 0.25) is 0 Å². The van der Waals surface area contributed by atoms with Gasteiger partial charge in [0.2, 0.25) is 5.91 Å². The second kappa shape index (κ2) is 7.49. The van der Waals surface area contributed by atoms with Crippen molar-refractivity contribution in [1.29, 1.82) is 0 Å². The van der Waals surface area contributed by atoms with Crippen LogP contribution in [0, 0.1) is 11.3 Å². The summed E-state index contributed by atoms with van der Waals surface area (Å²) in [4.78, 5) is 13.5. The molecule has 0 bridgehead atoms. The molecule has 1 saturated heterocycles. The Hall–Kier alpha value is -0.0900. The average Bonchev–Trinajstić information content (AvgIpc) is 2.38. The van der Waals surface area contributed by atoms with Gasteiger partial charge in [0.15, 0.2) is 0 Å². The average molecular weight is 319 g/mol. The van der Waals surface area contributed by atoms with Gasteiger partial charge in [0.1, 0.15) is 0 Å². The Bertz CT molecular complexity index is 250. The molecular formula is C14H27BrN2O. The molecule has 0 atom stereocenters. The van der Waals surface area contributed by atoms with Gasteiger partial charge in [-0.1, -0.05) is 29.8 Å². The van der Waals surface area contributed by atoms with Gasteiger partial charge in [0.25, 0.3) is 0 Å². The Morgan fingerprint density at radius 2 is 1.89 bits per heavy atom. The topological polar surface area (TPSA) is 46.3 Å². The predicted molar refractivity (Wildman–Crippen MR) is 79.8 cm³/mol. The number of halogens is 1. The lowest BCUT2D eigenvalue weighted by Crippen LogP contribution is -2.43. The second-order valence-corrected chi connectivity index (χ2v) is 6.29. The van der Waals surface area contributed by atoms with Gasteiger partial charge >= 0.3 is 0 Å². The van der Waals surface area contributed by atoms with Gasteiger partial charge in [-0.05, 0) is 50.1 Å². The first kappa shape index (κ1) is 16.0.